The van der Waals surface area contributed by atoms with Gasteiger partial charge in [-0.15, -0.1) is 0 Å². The molecule has 0 atom stereocenters. The predicted molar refractivity (Wildman–Crippen MR) is 268 cm³/mol. The zero-order chi connectivity index (χ0) is 43.2. The number of allylic oxidation sites excluding steroid dienone is 4. The van der Waals surface area contributed by atoms with Gasteiger partial charge in [0.2, 0.25) is 0 Å². The highest BCUT2D eigenvalue weighted by atomic mass is 16.5. The minimum Gasteiger partial charge on any atom is -0.466 e. The molecule has 0 unspecified atom stereocenters. The average Bonchev–Trinajstić information content (AvgIpc) is 3.25. The van der Waals surface area contributed by atoms with Gasteiger partial charge in [-0.2, -0.15) is 0 Å². The van der Waals surface area contributed by atoms with E-state index >= 15 is 0 Å². The second-order valence-corrected chi connectivity index (χ2v) is 19.0. The molecule has 0 saturated carbocycles. The summed E-state index contributed by atoms with van der Waals surface area (Å²) in [4.78, 5) is 12.0. The summed E-state index contributed by atoms with van der Waals surface area (Å²) in [5.41, 5.74) is 0. The van der Waals surface area contributed by atoms with E-state index in [2.05, 4.69) is 31.2 Å². The topological polar surface area (TPSA) is 46.5 Å². The highest BCUT2D eigenvalue weighted by Crippen LogP contribution is 2.18. The van der Waals surface area contributed by atoms with Crippen LogP contribution in [0.2, 0.25) is 0 Å². The zero-order valence-electron chi connectivity index (χ0n) is 41.1. The Kier molecular flexibility index (Phi) is 54.9. The fourth-order valence-corrected chi connectivity index (χ4v) is 8.74. The monoisotopic (exact) mass is 843 g/mol. The molecule has 0 saturated heterocycles. The molecule has 0 fully saturated rings. The molecule has 1 N–H and O–H groups in total. The largest absolute Gasteiger partial charge is 0.466 e. The molecule has 0 aromatic carbocycles. The van der Waals surface area contributed by atoms with Crippen LogP contribution in [0.5, 0.6) is 0 Å². The molecule has 0 aromatic heterocycles. The van der Waals surface area contributed by atoms with Crippen molar-refractivity contribution in [2.45, 2.75) is 322 Å². The molecule has 0 aromatic rings. The molecule has 3 nitrogen and oxygen atoms in total. The first-order valence-corrected chi connectivity index (χ1v) is 27.9. The van der Waals surface area contributed by atoms with Gasteiger partial charge in [-0.1, -0.05) is 288 Å². The second-order valence-electron chi connectivity index (χ2n) is 19.0. The first-order valence-electron chi connectivity index (χ1n) is 27.9. The van der Waals surface area contributed by atoms with Gasteiger partial charge in [-0.3, -0.25) is 4.79 Å². The molecule has 0 bridgehead atoms. The lowest BCUT2D eigenvalue weighted by Crippen LogP contribution is -2.05. The highest BCUT2D eigenvalue weighted by molar-refractivity contribution is 5.69. The van der Waals surface area contributed by atoms with Crippen molar-refractivity contribution in [1.82, 2.24) is 0 Å². The predicted octanol–water partition coefficient (Wildman–Crippen LogP) is 19.8. The highest BCUT2D eigenvalue weighted by Gasteiger charge is 2.03. The molecule has 3 heteroatoms. The van der Waals surface area contributed by atoms with Crippen LogP contribution in [0.25, 0.3) is 0 Å². The Labute approximate surface area is 378 Å². The first-order chi connectivity index (χ1) is 29.8. The number of carbonyl (C=O) groups is 1. The van der Waals surface area contributed by atoms with E-state index in [1.165, 1.54) is 276 Å². The van der Waals surface area contributed by atoms with Crippen molar-refractivity contribution in [3.8, 4) is 0 Å². The van der Waals surface area contributed by atoms with Gasteiger partial charge in [0, 0.05) is 13.0 Å². The van der Waals surface area contributed by atoms with Crippen LogP contribution in [0.3, 0.4) is 0 Å². The van der Waals surface area contributed by atoms with E-state index in [4.69, 9.17) is 9.84 Å². The molecule has 0 rings (SSSR count). The van der Waals surface area contributed by atoms with Crippen molar-refractivity contribution in [1.29, 1.82) is 0 Å². The molecule has 0 aliphatic rings. The lowest BCUT2D eigenvalue weighted by Gasteiger charge is -2.06. The van der Waals surface area contributed by atoms with Gasteiger partial charge in [-0.25, -0.2) is 0 Å². The summed E-state index contributed by atoms with van der Waals surface area (Å²) in [6.07, 6.45) is 75.1. The van der Waals surface area contributed by atoms with Crippen molar-refractivity contribution < 1.29 is 14.6 Å². The van der Waals surface area contributed by atoms with Crippen LogP contribution in [0.4, 0.5) is 0 Å². The Morgan fingerprint density at radius 3 is 0.917 bits per heavy atom. The van der Waals surface area contributed by atoms with E-state index in [-0.39, 0.29) is 5.97 Å². The lowest BCUT2D eigenvalue weighted by atomic mass is 10.0. The molecule has 0 radical (unpaired) electrons. The molecule has 0 aliphatic carbocycles. The third-order valence-corrected chi connectivity index (χ3v) is 12.9. The standard InChI is InChI=1S/C57H110O3/c1-2-3-4-5-6-7-8-9-33-36-39-42-45-48-51-54-57(59)60-56-53-50-47-44-41-38-35-32-30-28-26-24-22-20-18-16-14-12-10-11-13-15-17-19-21-23-25-27-29-31-34-37-40-43-46-49-52-55-58/h6-7,9,33,58H,2-5,8,10-32,34-56H2,1H3/b7-6-,33-9-. The molecular formula is C57H110O3. The van der Waals surface area contributed by atoms with E-state index in [0.717, 1.165) is 32.1 Å². The van der Waals surface area contributed by atoms with Crippen LogP contribution >= 0.6 is 0 Å². The maximum absolute atomic E-state index is 12.0. The number of rotatable bonds is 53. The van der Waals surface area contributed by atoms with E-state index in [1.807, 2.05) is 0 Å². The van der Waals surface area contributed by atoms with Crippen molar-refractivity contribution in [3.63, 3.8) is 0 Å². The Morgan fingerprint density at radius 1 is 0.333 bits per heavy atom. The summed E-state index contributed by atoms with van der Waals surface area (Å²) in [6, 6.07) is 0. The van der Waals surface area contributed by atoms with Gasteiger partial charge in [0.1, 0.15) is 0 Å². The van der Waals surface area contributed by atoms with Crippen molar-refractivity contribution in [2.24, 2.45) is 0 Å². The molecule has 0 amide bonds. The summed E-state index contributed by atoms with van der Waals surface area (Å²) in [5, 5.41) is 8.82. The van der Waals surface area contributed by atoms with Gasteiger partial charge in [-0.05, 0) is 51.4 Å². The summed E-state index contributed by atoms with van der Waals surface area (Å²) < 4.78 is 5.48. The van der Waals surface area contributed by atoms with Crippen molar-refractivity contribution in [2.75, 3.05) is 13.2 Å². The third-order valence-electron chi connectivity index (χ3n) is 12.9. The lowest BCUT2D eigenvalue weighted by molar-refractivity contribution is -0.143. The number of hydrogen-bond acceptors (Lipinski definition) is 3. The molecular weight excluding hydrogens is 733 g/mol. The zero-order valence-corrected chi connectivity index (χ0v) is 41.1. The minimum atomic E-state index is 0.0137. The molecule has 60 heavy (non-hydrogen) atoms. The van der Waals surface area contributed by atoms with Crippen LogP contribution in [0.15, 0.2) is 24.3 Å². The normalized spacial score (nSPS) is 11.8. The van der Waals surface area contributed by atoms with E-state index < -0.39 is 0 Å². The van der Waals surface area contributed by atoms with Gasteiger partial charge in [0.15, 0.2) is 0 Å². The van der Waals surface area contributed by atoms with Gasteiger partial charge in [0.25, 0.3) is 0 Å². The number of aliphatic hydroxyl groups excluding tert-OH is 1. The number of esters is 1. The summed E-state index contributed by atoms with van der Waals surface area (Å²) >= 11 is 0. The number of aliphatic hydroxyl groups is 1. The Hall–Kier alpha value is -1.09. The first kappa shape index (κ1) is 58.9. The quantitative estimate of drug-likeness (QED) is 0.0377. The summed E-state index contributed by atoms with van der Waals surface area (Å²) in [6.45, 7) is 3.25. The maximum Gasteiger partial charge on any atom is 0.305 e. The van der Waals surface area contributed by atoms with Gasteiger partial charge in [0.05, 0.1) is 6.61 Å². The van der Waals surface area contributed by atoms with E-state index in [9.17, 15) is 4.79 Å². The van der Waals surface area contributed by atoms with Crippen molar-refractivity contribution in [3.05, 3.63) is 24.3 Å². The molecule has 0 spiro atoms. The molecule has 0 heterocycles. The SMILES string of the molecule is CCCCC/C=C\C/C=C\CCCCCCCC(=O)OCCCCCCCCCCCCCCCCCCCCCCCCCCCCCCCCCCCCCCCO. The smallest absolute Gasteiger partial charge is 0.305 e. The Bertz CT molecular complexity index is 833. The van der Waals surface area contributed by atoms with E-state index in [1.54, 1.807) is 0 Å². The minimum absolute atomic E-state index is 0.0137. The number of hydrogen-bond donors (Lipinski definition) is 1. The van der Waals surface area contributed by atoms with Crippen LogP contribution in [0.1, 0.15) is 322 Å². The Balaban J connectivity index is 3.15. The fraction of sp³-hybridized carbons (Fsp3) is 0.912. The van der Waals surface area contributed by atoms with Crippen LogP contribution in [-0.2, 0) is 9.53 Å². The van der Waals surface area contributed by atoms with Crippen LogP contribution in [0, 0.1) is 0 Å². The van der Waals surface area contributed by atoms with Gasteiger partial charge >= 0.3 is 5.97 Å². The summed E-state index contributed by atoms with van der Waals surface area (Å²) in [7, 11) is 0. The third kappa shape index (κ3) is 54.9. The fourth-order valence-electron chi connectivity index (χ4n) is 8.74. The summed E-state index contributed by atoms with van der Waals surface area (Å²) in [5.74, 6) is 0.0137. The number of carbonyl (C=O) groups excluding carboxylic acids is 1. The van der Waals surface area contributed by atoms with Crippen LogP contribution < -0.4 is 0 Å². The van der Waals surface area contributed by atoms with Gasteiger partial charge < -0.3 is 9.84 Å². The van der Waals surface area contributed by atoms with Crippen LogP contribution in [-0.4, -0.2) is 24.3 Å². The Morgan fingerprint density at radius 2 is 0.600 bits per heavy atom. The van der Waals surface area contributed by atoms with E-state index in [0.29, 0.717) is 19.6 Å². The maximum atomic E-state index is 12.0. The molecule has 0 aliphatic heterocycles. The molecule has 356 valence electrons. The van der Waals surface area contributed by atoms with Crippen molar-refractivity contribution >= 4 is 5.97 Å². The number of ether oxygens (including phenoxy) is 1. The second kappa shape index (κ2) is 55.9. The average molecular weight is 844 g/mol. The number of unbranched alkanes of at least 4 members (excludes halogenated alkanes) is 44.